The lowest BCUT2D eigenvalue weighted by atomic mass is 9.97. The molecular weight excluding hydrogens is 220 g/mol. The van der Waals surface area contributed by atoms with Crippen LogP contribution in [-0.4, -0.2) is 22.8 Å². The van der Waals surface area contributed by atoms with E-state index in [1.807, 2.05) is 0 Å². The number of phenolic OH excluding ortho intramolecular Hbond substituents is 2. The predicted octanol–water partition coefficient (Wildman–Crippen LogP) is 2.23. The van der Waals surface area contributed by atoms with Crippen LogP contribution in [-0.2, 0) is 16.0 Å². The second kappa shape index (κ2) is 5.08. The van der Waals surface area contributed by atoms with Crippen molar-refractivity contribution >= 4 is 5.97 Å². The Morgan fingerprint density at radius 3 is 2.41 bits per heavy atom. The number of esters is 1. The van der Waals surface area contributed by atoms with Gasteiger partial charge in [-0.3, -0.25) is 4.79 Å². The quantitative estimate of drug-likeness (QED) is 0.626. The largest absolute Gasteiger partial charge is 0.504 e. The van der Waals surface area contributed by atoms with Gasteiger partial charge in [0.2, 0.25) is 0 Å². The molecule has 0 atom stereocenters. The Bertz CT molecular complexity index is 404. The zero-order valence-electron chi connectivity index (χ0n) is 10.4. The van der Waals surface area contributed by atoms with Crippen LogP contribution in [0.3, 0.4) is 0 Å². The smallest absolute Gasteiger partial charge is 0.311 e. The molecule has 1 rings (SSSR count). The molecule has 0 bridgehead atoms. The molecule has 0 aliphatic rings. The molecule has 1 aromatic rings. The van der Waals surface area contributed by atoms with Crippen molar-refractivity contribution in [2.75, 3.05) is 6.61 Å². The van der Waals surface area contributed by atoms with Crippen LogP contribution in [0, 0.1) is 5.41 Å². The maximum Gasteiger partial charge on any atom is 0.311 e. The number of aromatic hydroxyl groups is 2. The highest BCUT2D eigenvalue weighted by molar-refractivity contribution is 5.75. The Balaban J connectivity index is 2.46. The highest BCUT2D eigenvalue weighted by Gasteiger charge is 2.22. The van der Waals surface area contributed by atoms with E-state index in [0.717, 1.165) is 5.56 Å². The van der Waals surface area contributed by atoms with Gasteiger partial charge in [-0.05, 0) is 38.5 Å². The molecule has 0 saturated heterocycles. The first-order valence-corrected chi connectivity index (χ1v) is 5.49. The van der Waals surface area contributed by atoms with E-state index in [9.17, 15) is 9.90 Å². The average molecular weight is 238 g/mol. The van der Waals surface area contributed by atoms with E-state index in [1.165, 1.54) is 12.1 Å². The molecular formula is C13H18O4. The van der Waals surface area contributed by atoms with Gasteiger partial charge in [-0.25, -0.2) is 0 Å². The Labute approximate surface area is 101 Å². The number of carbonyl (C=O) groups is 1. The Kier molecular flexibility index (Phi) is 3.99. The van der Waals surface area contributed by atoms with Crippen LogP contribution >= 0.6 is 0 Å². The Morgan fingerprint density at radius 2 is 1.88 bits per heavy atom. The summed E-state index contributed by atoms with van der Waals surface area (Å²) >= 11 is 0. The molecule has 17 heavy (non-hydrogen) atoms. The number of hydrogen-bond donors (Lipinski definition) is 2. The molecule has 0 saturated carbocycles. The lowest BCUT2D eigenvalue weighted by molar-refractivity contribution is -0.152. The number of phenols is 2. The summed E-state index contributed by atoms with van der Waals surface area (Å²) in [6.45, 7) is 5.64. The summed E-state index contributed by atoms with van der Waals surface area (Å²) in [5.41, 5.74) is 0.305. The standard InChI is InChI=1S/C13H18O4/c1-13(2,3)12(16)17-7-6-9-4-5-10(14)11(15)8-9/h4-5,8,14-15H,6-7H2,1-3H3. The number of carbonyl (C=O) groups excluding carboxylic acids is 1. The van der Waals surface area contributed by atoms with Crippen molar-refractivity contribution in [1.82, 2.24) is 0 Å². The molecule has 94 valence electrons. The highest BCUT2D eigenvalue weighted by atomic mass is 16.5. The zero-order valence-corrected chi connectivity index (χ0v) is 10.4. The first-order valence-electron chi connectivity index (χ1n) is 5.49. The maximum absolute atomic E-state index is 11.5. The van der Waals surface area contributed by atoms with Gasteiger partial charge in [-0.15, -0.1) is 0 Å². The van der Waals surface area contributed by atoms with Crippen molar-refractivity contribution in [3.63, 3.8) is 0 Å². The lowest BCUT2D eigenvalue weighted by Gasteiger charge is -2.16. The van der Waals surface area contributed by atoms with Crippen LogP contribution in [0.1, 0.15) is 26.3 Å². The summed E-state index contributed by atoms with van der Waals surface area (Å²) in [6.07, 6.45) is 0.510. The molecule has 4 nitrogen and oxygen atoms in total. The molecule has 0 fully saturated rings. The minimum Gasteiger partial charge on any atom is -0.504 e. The van der Waals surface area contributed by atoms with Crippen molar-refractivity contribution in [3.05, 3.63) is 23.8 Å². The van der Waals surface area contributed by atoms with Crippen LogP contribution in [0.2, 0.25) is 0 Å². The molecule has 0 aromatic heterocycles. The third-order valence-corrected chi connectivity index (χ3v) is 2.28. The molecule has 4 heteroatoms. The summed E-state index contributed by atoms with van der Waals surface area (Å²) in [5, 5.41) is 18.4. The maximum atomic E-state index is 11.5. The summed E-state index contributed by atoms with van der Waals surface area (Å²) in [4.78, 5) is 11.5. The topological polar surface area (TPSA) is 66.8 Å². The second-order valence-electron chi connectivity index (χ2n) is 4.96. The molecule has 0 unspecified atom stereocenters. The van der Waals surface area contributed by atoms with Crippen molar-refractivity contribution in [2.24, 2.45) is 5.41 Å². The number of rotatable bonds is 3. The molecule has 2 N–H and O–H groups in total. The van der Waals surface area contributed by atoms with Gasteiger partial charge in [-0.1, -0.05) is 6.07 Å². The second-order valence-corrected chi connectivity index (χ2v) is 4.96. The molecule has 0 aliphatic heterocycles. The summed E-state index contributed by atoms with van der Waals surface area (Å²) < 4.78 is 5.10. The van der Waals surface area contributed by atoms with Crippen molar-refractivity contribution < 1.29 is 19.7 Å². The fraction of sp³-hybridized carbons (Fsp3) is 0.462. The minimum atomic E-state index is -0.503. The van der Waals surface area contributed by atoms with Crippen LogP contribution in [0.25, 0.3) is 0 Å². The molecule has 0 heterocycles. The van der Waals surface area contributed by atoms with Gasteiger partial charge < -0.3 is 14.9 Å². The van der Waals surface area contributed by atoms with Crippen LogP contribution in [0.4, 0.5) is 0 Å². The summed E-state index contributed by atoms with van der Waals surface area (Å²) in [7, 11) is 0. The van der Waals surface area contributed by atoms with Gasteiger partial charge in [0.1, 0.15) is 0 Å². The molecule has 0 amide bonds. The van der Waals surface area contributed by atoms with E-state index in [2.05, 4.69) is 0 Å². The normalized spacial score (nSPS) is 11.2. The highest BCUT2D eigenvalue weighted by Crippen LogP contribution is 2.25. The van der Waals surface area contributed by atoms with E-state index in [-0.39, 0.29) is 24.1 Å². The van der Waals surface area contributed by atoms with Gasteiger partial charge in [0.15, 0.2) is 11.5 Å². The third-order valence-electron chi connectivity index (χ3n) is 2.28. The SMILES string of the molecule is CC(C)(C)C(=O)OCCc1ccc(O)c(O)c1. The van der Waals surface area contributed by atoms with Gasteiger partial charge in [0, 0.05) is 6.42 Å². The van der Waals surface area contributed by atoms with E-state index in [1.54, 1.807) is 26.8 Å². The molecule has 0 radical (unpaired) electrons. The number of ether oxygens (including phenoxy) is 1. The van der Waals surface area contributed by atoms with E-state index < -0.39 is 5.41 Å². The predicted molar refractivity (Wildman–Crippen MR) is 63.9 cm³/mol. The fourth-order valence-corrected chi connectivity index (χ4v) is 1.20. The van der Waals surface area contributed by atoms with Crippen molar-refractivity contribution in [1.29, 1.82) is 0 Å². The minimum absolute atomic E-state index is 0.152. The first-order chi connectivity index (χ1) is 7.80. The van der Waals surface area contributed by atoms with Crippen molar-refractivity contribution in [2.45, 2.75) is 27.2 Å². The molecule has 0 spiro atoms. The zero-order chi connectivity index (χ0) is 13.1. The average Bonchev–Trinajstić information content (AvgIpc) is 2.22. The van der Waals surface area contributed by atoms with Gasteiger partial charge >= 0.3 is 5.97 Å². The van der Waals surface area contributed by atoms with Gasteiger partial charge in [0.25, 0.3) is 0 Å². The monoisotopic (exact) mass is 238 g/mol. The van der Waals surface area contributed by atoms with Crippen LogP contribution < -0.4 is 0 Å². The fourth-order valence-electron chi connectivity index (χ4n) is 1.20. The van der Waals surface area contributed by atoms with E-state index in [4.69, 9.17) is 9.84 Å². The van der Waals surface area contributed by atoms with Crippen molar-refractivity contribution in [3.8, 4) is 11.5 Å². The molecule has 1 aromatic carbocycles. The lowest BCUT2D eigenvalue weighted by Crippen LogP contribution is -2.23. The number of benzene rings is 1. The first kappa shape index (κ1) is 13.4. The Hall–Kier alpha value is -1.71. The van der Waals surface area contributed by atoms with E-state index in [0.29, 0.717) is 6.42 Å². The summed E-state index contributed by atoms with van der Waals surface area (Å²) in [6, 6.07) is 4.55. The van der Waals surface area contributed by atoms with E-state index >= 15 is 0 Å². The van der Waals surface area contributed by atoms with Gasteiger partial charge in [-0.2, -0.15) is 0 Å². The number of hydrogen-bond acceptors (Lipinski definition) is 4. The van der Waals surface area contributed by atoms with Gasteiger partial charge in [0.05, 0.1) is 12.0 Å². The Morgan fingerprint density at radius 1 is 1.24 bits per heavy atom. The third kappa shape index (κ3) is 3.98. The van der Waals surface area contributed by atoms with Crippen LogP contribution in [0.15, 0.2) is 18.2 Å². The van der Waals surface area contributed by atoms with Crippen LogP contribution in [0.5, 0.6) is 11.5 Å². The summed E-state index contributed by atoms with van der Waals surface area (Å²) in [5.74, 6) is -0.564. The molecule has 0 aliphatic carbocycles.